The maximum absolute atomic E-state index is 6.00. The van der Waals surface area contributed by atoms with Gasteiger partial charge in [0.2, 0.25) is 0 Å². The molecule has 78 valence electrons. The van der Waals surface area contributed by atoms with Crippen molar-refractivity contribution in [2.24, 2.45) is 23.5 Å². The fourth-order valence-electron chi connectivity index (χ4n) is 2.62. The van der Waals surface area contributed by atoms with Gasteiger partial charge in [-0.25, -0.2) is 0 Å². The molecule has 0 amide bonds. The van der Waals surface area contributed by atoms with E-state index in [1.807, 2.05) is 0 Å². The fourth-order valence-corrected chi connectivity index (χ4v) is 2.62. The van der Waals surface area contributed by atoms with Gasteiger partial charge in [-0.2, -0.15) is 0 Å². The van der Waals surface area contributed by atoms with Crippen LogP contribution in [0.25, 0.3) is 0 Å². The Hall–Kier alpha value is -0.0400. The monoisotopic (exact) mass is 183 g/mol. The lowest BCUT2D eigenvalue weighted by molar-refractivity contribution is 0.287. The van der Waals surface area contributed by atoms with Crippen LogP contribution < -0.4 is 5.73 Å². The Morgan fingerprint density at radius 2 is 1.62 bits per heavy atom. The van der Waals surface area contributed by atoms with Gasteiger partial charge in [-0.1, -0.05) is 26.7 Å². The summed E-state index contributed by atoms with van der Waals surface area (Å²) in [6.45, 7) is 9.07. The first-order valence-electron chi connectivity index (χ1n) is 5.69. The van der Waals surface area contributed by atoms with Gasteiger partial charge in [0.15, 0.2) is 0 Å². The minimum absolute atomic E-state index is 0.0298. The van der Waals surface area contributed by atoms with Crippen LogP contribution >= 0.6 is 0 Å². The van der Waals surface area contributed by atoms with Gasteiger partial charge in [-0.3, -0.25) is 0 Å². The zero-order valence-corrected chi connectivity index (χ0v) is 9.64. The highest BCUT2D eigenvalue weighted by molar-refractivity contribution is 4.83. The van der Waals surface area contributed by atoms with Gasteiger partial charge in [-0.05, 0) is 44.4 Å². The van der Waals surface area contributed by atoms with Crippen LogP contribution in [-0.2, 0) is 0 Å². The number of rotatable bonds is 3. The summed E-state index contributed by atoms with van der Waals surface area (Å²) in [5, 5.41) is 0. The normalized spacial score (nSPS) is 35.3. The van der Waals surface area contributed by atoms with Crippen LogP contribution in [0.15, 0.2) is 0 Å². The highest BCUT2D eigenvalue weighted by Crippen LogP contribution is 2.39. The molecule has 2 unspecified atom stereocenters. The van der Waals surface area contributed by atoms with E-state index < -0.39 is 0 Å². The molecule has 0 spiro atoms. The van der Waals surface area contributed by atoms with Crippen LogP contribution in [0, 0.1) is 17.8 Å². The lowest BCUT2D eigenvalue weighted by Gasteiger charge is -2.25. The van der Waals surface area contributed by atoms with Gasteiger partial charge in [0.25, 0.3) is 0 Å². The van der Waals surface area contributed by atoms with E-state index in [-0.39, 0.29) is 5.54 Å². The molecule has 0 bridgehead atoms. The van der Waals surface area contributed by atoms with Crippen molar-refractivity contribution >= 4 is 0 Å². The van der Waals surface area contributed by atoms with Crippen molar-refractivity contribution in [2.45, 2.75) is 58.9 Å². The van der Waals surface area contributed by atoms with Crippen LogP contribution in [0.5, 0.6) is 0 Å². The molecule has 0 aliphatic heterocycles. The predicted octanol–water partition coefficient (Wildman–Crippen LogP) is 3.19. The second kappa shape index (κ2) is 4.00. The van der Waals surface area contributed by atoms with E-state index >= 15 is 0 Å². The minimum Gasteiger partial charge on any atom is -0.326 e. The zero-order valence-electron chi connectivity index (χ0n) is 9.64. The molecule has 0 saturated heterocycles. The zero-order chi connectivity index (χ0) is 10.1. The third kappa shape index (κ3) is 3.30. The van der Waals surface area contributed by atoms with E-state index in [2.05, 4.69) is 27.7 Å². The summed E-state index contributed by atoms with van der Waals surface area (Å²) in [6, 6.07) is 0. The van der Waals surface area contributed by atoms with Crippen molar-refractivity contribution in [3.63, 3.8) is 0 Å². The van der Waals surface area contributed by atoms with Crippen molar-refractivity contribution in [2.75, 3.05) is 0 Å². The molecule has 2 N–H and O–H groups in total. The summed E-state index contributed by atoms with van der Waals surface area (Å²) in [4.78, 5) is 0. The Kier molecular flexibility index (Phi) is 3.39. The summed E-state index contributed by atoms with van der Waals surface area (Å²) in [5.74, 6) is 2.79. The van der Waals surface area contributed by atoms with E-state index in [9.17, 15) is 0 Å². The van der Waals surface area contributed by atoms with E-state index in [0.29, 0.717) is 0 Å². The van der Waals surface area contributed by atoms with E-state index in [0.717, 1.165) is 17.8 Å². The Morgan fingerprint density at radius 3 is 2.00 bits per heavy atom. The van der Waals surface area contributed by atoms with Gasteiger partial charge in [0, 0.05) is 5.54 Å². The van der Waals surface area contributed by atoms with E-state index in [1.54, 1.807) is 0 Å². The largest absolute Gasteiger partial charge is 0.326 e. The lowest BCUT2D eigenvalue weighted by Crippen LogP contribution is -2.32. The summed E-state index contributed by atoms with van der Waals surface area (Å²) in [5.41, 5.74) is 6.03. The number of hydrogen-bond acceptors (Lipinski definition) is 1. The second-order valence-electron chi connectivity index (χ2n) is 5.72. The molecular weight excluding hydrogens is 158 g/mol. The Morgan fingerprint density at radius 1 is 1.15 bits per heavy atom. The Bertz CT molecular complexity index is 147. The second-order valence-corrected chi connectivity index (χ2v) is 5.72. The molecular formula is C12H25N. The molecule has 1 aliphatic rings. The Balaban J connectivity index is 2.35. The molecule has 1 fully saturated rings. The van der Waals surface area contributed by atoms with Crippen molar-refractivity contribution in [1.82, 2.24) is 0 Å². The third-order valence-corrected chi connectivity index (χ3v) is 3.66. The first-order valence-corrected chi connectivity index (χ1v) is 5.69. The number of nitrogens with two attached hydrogens (primary N) is 1. The van der Waals surface area contributed by atoms with Crippen molar-refractivity contribution < 1.29 is 0 Å². The molecule has 1 aliphatic carbocycles. The summed E-state index contributed by atoms with van der Waals surface area (Å²) >= 11 is 0. The van der Waals surface area contributed by atoms with Gasteiger partial charge in [-0.15, -0.1) is 0 Å². The maximum atomic E-state index is 6.00. The lowest BCUT2D eigenvalue weighted by atomic mass is 9.84. The van der Waals surface area contributed by atoms with Crippen molar-refractivity contribution in [1.29, 1.82) is 0 Å². The van der Waals surface area contributed by atoms with E-state index in [1.165, 1.54) is 25.7 Å². The molecule has 13 heavy (non-hydrogen) atoms. The van der Waals surface area contributed by atoms with Crippen LogP contribution in [0.2, 0.25) is 0 Å². The quantitative estimate of drug-likeness (QED) is 0.714. The molecule has 1 nitrogen and oxygen atoms in total. The van der Waals surface area contributed by atoms with Crippen molar-refractivity contribution in [3.05, 3.63) is 0 Å². The molecule has 1 heteroatoms. The molecule has 0 radical (unpaired) electrons. The highest BCUT2D eigenvalue weighted by atomic mass is 14.7. The molecule has 0 aromatic carbocycles. The first-order chi connectivity index (χ1) is 5.90. The maximum Gasteiger partial charge on any atom is 0.00971 e. The summed E-state index contributed by atoms with van der Waals surface area (Å²) in [6.07, 6.45) is 5.35. The molecule has 0 aromatic heterocycles. The number of hydrogen-bond donors (Lipinski definition) is 1. The van der Waals surface area contributed by atoms with Crippen molar-refractivity contribution in [3.8, 4) is 0 Å². The van der Waals surface area contributed by atoms with E-state index in [4.69, 9.17) is 5.73 Å². The smallest absolute Gasteiger partial charge is 0.00971 e. The van der Waals surface area contributed by atoms with Crippen LogP contribution in [0.3, 0.4) is 0 Å². The molecule has 0 aromatic rings. The van der Waals surface area contributed by atoms with Crippen LogP contribution in [0.1, 0.15) is 53.4 Å². The highest BCUT2D eigenvalue weighted by Gasteiger charge is 2.30. The minimum atomic E-state index is 0.0298. The fraction of sp³-hybridized carbons (Fsp3) is 1.00. The summed E-state index contributed by atoms with van der Waals surface area (Å²) < 4.78 is 0. The standard InChI is InChI=1S/C12H25N/c1-9-5-6-10(2)11(9)7-8-12(3,4)13/h9-11H,5-8,13H2,1-4H3. The topological polar surface area (TPSA) is 26.0 Å². The average molecular weight is 183 g/mol. The predicted molar refractivity (Wildman–Crippen MR) is 58.6 cm³/mol. The van der Waals surface area contributed by atoms with Gasteiger partial charge in [0.1, 0.15) is 0 Å². The molecule has 1 saturated carbocycles. The van der Waals surface area contributed by atoms with Gasteiger partial charge >= 0.3 is 0 Å². The average Bonchev–Trinajstić information content (AvgIpc) is 2.27. The van der Waals surface area contributed by atoms with Crippen LogP contribution in [-0.4, -0.2) is 5.54 Å². The molecule has 0 heterocycles. The SMILES string of the molecule is CC1CCC(C)C1CCC(C)(C)N. The Labute approximate surface area is 83.1 Å². The summed E-state index contributed by atoms with van der Waals surface area (Å²) in [7, 11) is 0. The van der Waals surface area contributed by atoms with Gasteiger partial charge < -0.3 is 5.73 Å². The molecule has 2 atom stereocenters. The first kappa shape index (κ1) is 11.0. The molecule has 1 rings (SSSR count). The third-order valence-electron chi connectivity index (χ3n) is 3.66. The van der Waals surface area contributed by atoms with Gasteiger partial charge in [0.05, 0.1) is 0 Å². The van der Waals surface area contributed by atoms with Crippen LogP contribution in [0.4, 0.5) is 0 Å².